The van der Waals surface area contributed by atoms with Crippen molar-refractivity contribution in [3.05, 3.63) is 53.5 Å². The third-order valence-electron chi connectivity index (χ3n) is 2.38. The van der Waals surface area contributed by atoms with Gasteiger partial charge in [0.15, 0.2) is 0 Å². The van der Waals surface area contributed by atoms with Gasteiger partial charge in [0.2, 0.25) is 5.88 Å². The second-order valence-corrected chi connectivity index (χ2v) is 3.73. The van der Waals surface area contributed by atoms with E-state index >= 15 is 0 Å². The highest BCUT2D eigenvalue weighted by Gasteiger charge is 2.05. The van der Waals surface area contributed by atoms with Crippen LogP contribution < -0.4 is 10.5 Å². The van der Waals surface area contributed by atoms with E-state index in [9.17, 15) is 0 Å². The Balaban J connectivity index is 2.11. The van der Waals surface area contributed by atoms with Gasteiger partial charge < -0.3 is 10.5 Å². The molecule has 88 valence electrons. The molecule has 2 heterocycles. The van der Waals surface area contributed by atoms with E-state index in [2.05, 4.69) is 9.97 Å². The van der Waals surface area contributed by atoms with Gasteiger partial charge >= 0.3 is 0 Å². The topological polar surface area (TPSA) is 61.0 Å². The lowest BCUT2D eigenvalue weighted by atomic mass is 10.2. The highest BCUT2D eigenvalue weighted by Crippen LogP contribution is 2.16. The molecule has 0 spiro atoms. The van der Waals surface area contributed by atoms with Crippen molar-refractivity contribution in [3.8, 4) is 5.88 Å². The number of nitrogens with zero attached hydrogens (tertiary/aromatic N) is 2. The lowest BCUT2D eigenvalue weighted by molar-refractivity contribution is 0.285. The Hall–Kier alpha value is -1.94. The van der Waals surface area contributed by atoms with Gasteiger partial charge in [-0.05, 0) is 25.1 Å². The largest absolute Gasteiger partial charge is 0.471 e. The van der Waals surface area contributed by atoms with E-state index in [-0.39, 0.29) is 0 Å². The van der Waals surface area contributed by atoms with Crippen LogP contribution in [0.4, 0.5) is 0 Å². The first-order chi connectivity index (χ1) is 8.29. The summed E-state index contributed by atoms with van der Waals surface area (Å²) >= 11 is 0. The zero-order valence-electron chi connectivity index (χ0n) is 9.76. The van der Waals surface area contributed by atoms with Crippen molar-refractivity contribution in [1.82, 2.24) is 9.97 Å². The van der Waals surface area contributed by atoms with Crippen LogP contribution in [0.2, 0.25) is 0 Å². The number of aryl methyl sites for hydroxylation is 1. The van der Waals surface area contributed by atoms with Gasteiger partial charge in [0.1, 0.15) is 6.61 Å². The van der Waals surface area contributed by atoms with Crippen LogP contribution >= 0.6 is 0 Å². The van der Waals surface area contributed by atoms with E-state index in [1.54, 1.807) is 6.20 Å². The van der Waals surface area contributed by atoms with Crippen molar-refractivity contribution in [3.63, 3.8) is 0 Å². The predicted octanol–water partition coefficient (Wildman–Crippen LogP) is 1.82. The summed E-state index contributed by atoms with van der Waals surface area (Å²) in [6.45, 7) is 2.75. The summed E-state index contributed by atoms with van der Waals surface area (Å²) in [6, 6.07) is 9.59. The molecule has 0 fully saturated rings. The predicted molar refractivity (Wildman–Crippen MR) is 65.4 cm³/mol. The zero-order chi connectivity index (χ0) is 12.1. The molecule has 0 aliphatic heterocycles. The zero-order valence-corrected chi connectivity index (χ0v) is 9.76. The van der Waals surface area contributed by atoms with Gasteiger partial charge in [-0.15, -0.1) is 0 Å². The van der Waals surface area contributed by atoms with Gasteiger partial charge in [-0.2, -0.15) is 0 Å². The number of pyridine rings is 2. The van der Waals surface area contributed by atoms with Gasteiger partial charge in [-0.1, -0.05) is 12.1 Å². The molecule has 4 heteroatoms. The van der Waals surface area contributed by atoms with Crippen LogP contribution in [0, 0.1) is 6.92 Å². The van der Waals surface area contributed by atoms with Crippen molar-refractivity contribution in [2.75, 3.05) is 0 Å². The molecular formula is C13H15N3O. The third kappa shape index (κ3) is 3.01. The fourth-order valence-electron chi connectivity index (χ4n) is 1.47. The van der Waals surface area contributed by atoms with Crippen LogP contribution in [-0.4, -0.2) is 9.97 Å². The summed E-state index contributed by atoms with van der Waals surface area (Å²) in [5, 5.41) is 0. The summed E-state index contributed by atoms with van der Waals surface area (Å²) in [7, 11) is 0. The smallest absolute Gasteiger partial charge is 0.218 e. The third-order valence-corrected chi connectivity index (χ3v) is 2.38. The molecule has 0 bridgehead atoms. The van der Waals surface area contributed by atoms with Gasteiger partial charge in [0.25, 0.3) is 0 Å². The first kappa shape index (κ1) is 11.5. The van der Waals surface area contributed by atoms with Crippen LogP contribution in [0.1, 0.15) is 17.0 Å². The quantitative estimate of drug-likeness (QED) is 0.868. The Morgan fingerprint density at radius 2 is 2.12 bits per heavy atom. The highest BCUT2D eigenvalue weighted by atomic mass is 16.5. The van der Waals surface area contributed by atoms with Gasteiger partial charge in [-0.3, -0.25) is 4.98 Å². The van der Waals surface area contributed by atoms with Gasteiger partial charge in [0.05, 0.1) is 5.69 Å². The molecule has 2 N–H and O–H groups in total. The molecule has 0 saturated heterocycles. The van der Waals surface area contributed by atoms with E-state index in [1.807, 2.05) is 37.3 Å². The molecule has 4 nitrogen and oxygen atoms in total. The molecule has 0 aliphatic rings. The Bertz CT molecular complexity index is 485. The maximum Gasteiger partial charge on any atom is 0.218 e. The summed E-state index contributed by atoms with van der Waals surface area (Å²) < 4.78 is 5.64. The van der Waals surface area contributed by atoms with Crippen molar-refractivity contribution in [2.45, 2.75) is 20.1 Å². The standard InChI is InChI=1S/C13H15N3O/c1-10-5-6-11(8-14)13(16-10)17-9-12-4-2-3-7-15-12/h2-7H,8-9,14H2,1H3. The summed E-state index contributed by atoms with van der Waals surface area (Å²) in [5.41, 5.74) is 8.33. The van der Waals surface area contributed by atoms with E-state index in [0.717, 1.165) is 17.0 Å². The molecule has 0 atom stereocenters. The first-order valence-corrected chi connectivity index (χ1v) is 5.49. The van der Waals surface area contributed by atoms with Gasteiger partial charge in [0, 0.05) is 24.0 Å². The van der Waals surface area contributed by atoms with Crippen molar-refractivity contribution < 1.29 is 4.74 Å². The molecule has 0 radical (unpaired) electrons. The number of aromatic nitrogens is 2. The molecule has 2 rings (SSSR count). The Kier molecular flexibility index (Phi) is 3.67. The van der Waals surface area contributed by atoms with E-state index in [4.69, 9.17) is 10.5 Å². The number of nitrogens with two attached hydrogens (primary N) is 1. The molecule has 17 heavy (non-hydrogen) atoms. The SMILES string of the molecule is Cc1ccc(CN)c(OCc2ccccn2)n1. The number of ether oxygens (including phenoxy) is 1. The maximum absolute atomic E-state index is 5.64. The lowest BCUT2D eigenvalue weighted by Gasteiger charge is -2.09. The monoisotopic (exact) mass is 229 g/mol. The first-order valence-electron chi connectivity index (χ1n) is 5.49. The van der Waals surface area contributed by atoms with Gasteiger partial charge in [-0.25, -0.2) is 4.98 Å². The fourth-order valence-corrected chi connectivity index (χ4v) is 1.47. The number of hydrogen-bond acceptors (Lipinski definition) is 4. The van der Waals surface area contributed by atoms with E-state index < -0.39 is 0 Å². The number of hydrogen-bond donors (Lipinski definition) is 1. The minimum Gasteiger partial charge on any atom is -0.471 e. The van der Waals surface area contributed by atoms with Crippen LogP contribution in [0.3, 0.4) is 0 Å². The van der Waals surface area contributed by atoms with Crippen LogP contribution in [0.5, 0.6) is 5.88 Å². The van der Waals surface area contributed by atoms with Crippen LogP contribution in [-0.2, 0) is 13.2 Å². The number of rotatable bonds is 4. The molecule has 2 aromatic rings. The van der Waals surface area contributed by atoms with E-state index in [1.165, 1.54) is 0 Å². The molecule has 0 aliphatic carbocycles. The summed E-state index contributed by atoms with van der Waals surface area (Å²) in [6.07, 6.45) is 1.74. The summed E-state index contributed by atoms with van der Waals surface area (Å²) in [4.78, 5) is 8.52. The molecular weight excluding hydrogens is 214 g/mol. The molecule has 0 aromatic carbocycles. The normalized spacial score (nSPS) is 10.2. The highest BCUT2D eigenvalue weighted by molar-refractivity contribution is 5.27. The average Bonchev–Trinajstić information content (AvgIpc) is 2.38. The van der Waals surface area contributed by atoms with Crippen LogP contribution in [0.15, 0.2) is 36.5 Å². The Morgan fingerprint density at radius 3 is 2.82 bits per heavy atom. The maximum atomic E-state index is 5.64. The second kappa shape index (κ2) is 5.41. The van der Waals surface area contributed by atoms with E-state index in [0.29, 0.717) is 19.0 Å². The fraction of sp³-hybridized carbons (Fsp3) is 0.231. The molecule has 0 unspecified atom stereocenters. The Labute approximate surface area is 100 Å². The van der Waals surface area contributed by atoms with Crippen molar-refractivity contribution in [2.24, 2.45) is 5.73 Å². The van der Waals surface area contributed by atoms with Crippen LogP contribution in [0.25, 0.3) is 0 Å². The lowest BCUT2D eigenvalue weighted by Crippen LogP contribution is -2.06. The molecule has 2 aromatic heterocycles. The second-order valence-electron chi connectivity index (χ2n) is 3.73. The van der Waals surface area contributed by atoms with Crippen molar-refractivity contribution >= 4 is 0 Å². The minimum atomic E-state index is 0.407. The minimum absolute atomic E-state index is 0.407. The van der Waals surface area contributed by atoms with Crippen molar-refractivity contribution in [1.29, 1.82) is 0 Å². The average molecular weight is 229 g/mol. The molecule has 0 saturated carbocycles. The Morgan fingerprint density at radius 1 is 1.24 bits per heavy atom. The summed E-state index contributed by atoms with van der Waals surface area (Å²) in [5.74, 6) is 0.596. The molecule has 0 amide bonds.